The van der Waals surface area contributed by atoms with Crippen LogP contribution in [0.25, 0.3) is 0 Å². The smallest absolute Gasteiger partial charge is 0.545 e. The minimum absolute atomic E-state index is 0. The molecule has 243 valence electrons. The first-order valence-electron chi connectivity index (χ1n) is 7.06. The summed E-state index contributed by atoms with van der Waals surface area (Å²) in [6, 6.07) is 0. The van der Waals surface area contributed by atoms with E-state index in [9.17, 15) is 39.6 Å². The third-order valence-corrected chi connectivity index (χ3v) is 7.39. The molecule has 0 aliphatic rings. The van der Waals surface area contributed by atoms with Crippen molar-refractivity contribution < 1.29 is 83.4 Å². The molecule has 0 spiro atoms. The third kappa shape index (κ3) is 22.3. The average molecular weight is 1030 g/mol. The topological polar surface area (TPSA) is 210 Å². The minimum Gasteiger partial charge on any atom is -0.545 e. The van der Waals surface area contributed by atoms with Crippen molar-refractivity contribution in [3.63, 3.8) is 0 Å². The Balaban J connectivity index is -0.000000101. The Labute approximate surface area is 344 Å². The van der Waals surface area contributed by atoms with E-state index in [2.05, 4.69) is 65.0 Å². The maximum absolute atomic E-state index is 9.98. The standard InChI is InChI=1S/4C2HCl4NO3.Al.Zr/c4*3-2(4,1(8)9)7(5)10-6;;/h4*(H,8,9);;/q;;;;;+4/p-4. The van der Waals surface area contributed by atoms with Crippen LogP contribution in [0.15, 0.2) is 0 Å². The van der Waals surface area contributed by atoms with Crippen LogP contribution in [-0.4, -0.2) is 77.4 Å². The summed E-state index contributed by atoms with van der Waals surface area (Å²) in [6.45, 7) is 0. The van der Waals surface area contributed by atoms with E-state index in [0.29, 0.717) is 0 Å². The second kappa shape index (κ2) is 27.4. The predicted molar refractivity (Wildman–Crippen MR) is 142 cm³/mol. The molecule has 0 aromatic carbocycles. The number of alkyl halides is 8. The molecule has 0 unspecified atom stereocenters. The van der Waals surface area contributed by atoms with E-state index in [1.807, 2.05) is 0 Å². The molecule has 42 heavy (non-hydrogen) atoms. The van der Waals surface area contributed by atoms with Gasteiger partial charge in [0.05, 0.1) is 71.3 Å². The number of carbonyl (C=O) groups excluding carboxylic acids is 4. The molecule has 0 aromatic rings. The Kier molecular flexibility index (Phi) is 37.8. The van der Waals surface area contributed by atoms with Crippen molar-refractivity contribution in [1.29, 1.82) is 0 Å². The van der Waals surface area contributed by atoms with E-state index in [1.54, 1.807) is 0 Å². The van der Waals surface area contributed by atoms with E-state index < -0.39 is 41.7 Å². The molecule has 0 aliphatic carbocycles. The Morgan fingerprint density at radius 2 is 0.524 bits per heavy atom. The summed E-state index contributed by atoms with van der Waals surface area (Å²) in [7, 11) is 0. The number of hydrogen-bond donors (Lipinski definition) is 0. The van der Waals surface area contributed by atoms with Crippen molar-refractivity contribution in [3.05, 3.63) is 0 Å². The van der Waals surface area contributed by atoms with E-state index >= 15 is 0 Å². The molecular weight excluding hydrogens is 1030 g/mol. The number of carboxylic acids is 4. The maximum Gasteiger partial charge on any atom is 4.00 e. The molecule has 0 saturated heterocycles. The van der Waals surface area contributed by atoms with E-state index in [1.165, 1.54) is 0 Å². The van der Waals surface area contributed by atoms with Crippen LogP contribution in [-0.2, 0) is 62.9 Å². The summed E-state index contributed by atoms with van der Waals surface area (Å²) in [5, 5.41) is 39.9. The molecule has 16 nitrogen and oxygen atoms in total. The number of hydroxylamine groups is 4. The summed E-state index contributed by atoms with van der Waals surface area (Å²) in [6.07, 6.45) is 0. The van der Waals surface area contributed by atoms with Crippen molar-refractivity contribution in [1.82, 2.24) is 18.3 Å². The second-order valence-corrected chi connectivity index (χ2v) is 11.5. The number of rotatable bonds is 12. The first-order valence-corrected chi connectivity index (χ1v) is 12.7. The van der Waals surface area contributed by atoms with Crippen LogP contribution >= 0.6 is 187 Å². The van der Waals surface area contributed by atoms with Gasteiger partial charge in [-0.25, -0.2) is 0 Å². The number of aliphatic carboxylic acids is 4. The zero-order valence-electron chi connectivity index (χ0n) is 17.8. The molecule has 0 heterocycles. The maximum atomic E-state index is 9.98. The minimum atomic E-state index is -2.50. The summed E-state index contributed by atoms with van der Waals surface area (Å²) < 4.78 is 4.64. The van der Waals surface area contributed by atoms with Gasteiger partial charge in [-0.2, -0.15) is 17.6 Å². The average Bonchev–Trinajstić information content (AvgIpc) is 2.86. The second-order valence-electron chi connectivity index (χ2n) is 4.57. The van der Waals surface area contributed by atoms with Crippen LogP contribution in [0.2, 0.25) is 0 Å². The molecular formula is C8AlCl16N4O12Zr. The van der Waals surface area contributed by atoms with Crippen LogP contribution < -0.4 is 20.4 Å². The predicted octanol–water partition coefficient (Wildman–Crippen LogP) is 1.25. The SMILES string of the molecule is O=C([O-])C(Cl)(Cl)N(Cl)OCl.O=C([O-])C(Cl)(Cl)N(Cl)OCl.O=C([O-])C(Cl)(Cl)N(Cl)OCl.O=C([O-])C(Cl)(Cl)N(Cl)OCl.[Al].[Zr+4]. The fourth-order valence-electron chi connectivity index (χ4n) is 0.460. The molecule has 0 aromatic heterocycles. The first-order chi connectivity index (χ1) is 17.7. The summed E-state index contributed by atoms with van der Waals surface area (Å²) >= 11 is 78.3. The van der Waals surface area contributed by atoms with Gasteiger partial charge in [0.2, 0.25) is 17.8 Å². The van der Waals surface area contributed by atoms with Gasteiger partial charge < -0.3 is 39.6 Å². The molecule has 0 aliphatic heterocycles. The fourth-order valence-corrected chi connectivity index (χ4v) is 1.71. The number of nitrogens with zero attached hydrogens (tertiary/aromatic N) is 4. The van der Waals surface area contributed by atoms with Crippen molar-refractivity contribution in [2.75, 3.05) is 0 Å². The molecule has 0 atom stereocenters. The fraction of sp³-hybridized carbons (Fsp3) is 0.500. The summed E-state index contributed by atoms with van der Waals surface area (Å²) in [5.74, 6) is -7.36. The quantitative estimate of drug-likeness (QED) is 0.0886. The van der Waals surface area contributed by atoms with Crippen LogP contribution in [0.1, 0.15) is 0 Å². The van der Waals surface area contributed by atoms with Gasteiger partial charge >= 0.3 is 26.2 Å². The van der Waals surface area contributed by atoms with Gasteiger partial charge in [0.25, 0.3) is 0 Å². The molecule has 0 saturated carbocycles. The van der Waals surface area contributed by atoms with Gasteiger partial charge in [-0.3, -0.25) is 0 Å². The molecule has 0 rings (SSSR count). The number of carbonyl (C=O) groups is 4. The van der Waals surface area contributed by atoms with E-state index in [0.717, 1.165) is 0 Å². The molecule has 0 amide bonds. The Bertz CT molecular complexity index is 695. The monoisotopic (exact) mass is 1020 g/mol. The van der Waals surface area contributed by atoms with Gasteiger partial charge in [0.15, 0.2) is 0 Å². The third-order valence-electron chi connectivity index (χ3n) is 2.11. The van der Waals surface area contributed by atoms with Crippen LogP contribution in [0, 0.1) is 0 Å². The van der Waals surface area contributed by atoms with Gasteiger partial charge in [-0.05, 0) is 18.3 Å². The largest absolute Gasteiger partial charge is 4.00 e. The summed E-state index contributed by atoms with van der Waals surface area (Å²) in [5.41, 5.74) is 0. The molecule has 34 heteroatoms. The molecule has 0 bridgehead atoms. The van der Waals surface area contributed by atoms with Crippen molar-refractivity contribution >= 4 is 229 Å². The molecule has 3 radical (unpaired) electrons. The number of carboxylic acid groups (broad SMARTS) is 4. The van der Waals surface area contributed by atoms with Crippen LogP contribution in [0.5, 0.6) is 0 Å². The Hall–Kier alpha value is 3.62. The van der Waals surface area contributed by atoms with E-state index in [4.69, 9.17) is 140 Å². The molecule has 0 fully saturated rings. The van der Waals surface area contributed by atoms with Gasteiger partial charge in [0.1, 0.15) is 0 Å². The Morgan fingerprint density at radius 1 is 0.429 bits per heavy atom. The Morgan fingerprint density at radius 3 is 0.548 bits per heavy atom. The van der Waals surface area contributed by atoms with Crippen molar-refractivity contribution in [2.45, 2.75) is 17.8 Å². The molecule has 0 N–H and O–H groups in total. The van der Waals surface area contributed by atoms with Crippen molar-refractivity contribution in [3.8, 4) is 0 Å². The zero-order chi connectivity index (χ0) is 33.4. The first kappa shape index (κ1) is 57.9. The van der Waals surface area contributed by atoms with E-state index in [-0.39, 0.29) is 61.9 Å². The van der Waals surface area contributed by atoms with Crippen LogP contribution in [0.3, 0.4) is 0 Å². The van der Waals surface area contributed by atoms with Gasteiger partial charge in [-0.15, -0.1) is 0 Å². The van der Waals surface area contributed by atoms with Crippen LogP contribution in [0.4, 0.5) is 0 Å². The normalized spacial score (nSPS) is 11.5. The van der Waals surface area contributed by atoms with Gasteiger partial charge in [-0.1, -0.05) is 92.8 Å². The van der Waals surface area contributed by atoms with Crippen molar-refractivity contribution in [2.24, 2.45) is 0 Å². The summed E-state index contributed by atoms with van der Waals surface area (Å²) in [4.78, 5) is 39.9. The zero-order valence-corrected chi connectivity index (χ0v) is 33.5. The van der Waals surface area contributed by atoms with Gasteiger partial charge in [0, 0.05) is 64.5 Å². The number of halogens is 16. The number of hydrogen-bond acceptors (Lipinski definition) is 16.